The van der Waals surface area contributed by atoms with E-state index in [4.69, 9.17) is 17.7 Å². The monoisotopic (exact) mass is 1010 g/mol. The third-order valence-electron chi connectivity index (χ3n) is 16.2. The topological polar surface area (TPSA) is 59.0 Å². The number of fused-ring (bicyclic) bond motifs is 17. The van der Waals surface area contributed by atoms with E-state index in [9.17, 15) is 0 Å². The molecule has 0 saturated carbocycles. The zero-order chi connectivity index (χ0) is 52.9. The van der Waals surface area contributed by atoms with E-state index in [1.165, 1.54) is 22.3 Å². The van der Waals surface area contributed by atoms with Crippen LogP contribution < -0.4 is 9.80 Å². The zero-order valence-electron chi connectivity index (χ0n) is 45.0. The molecule has 0 aliphatic rings. The van der Waals surface area contributed by atoms with Gasteiger partial charge in [0.25, 0.3) is 0 Å². The lowest BCUT2D eigenvalue weighted by atomic mass is 9.86. The molecule has 15 rings (SSSR count). The Labute approximate surface area is 451 Å². The number of aryl methyl sites for hydroxylation is 2. The van der Waals surface area contributed by atoms with Crippen molar-refractivity contribution in [3.05, 3.63) is 216 Å². The van der Waals surface area contributed by atoms with Crippen molar-refractivity contribution in [2.75, 3.05) is 9.80 Å². The maximum Gasteiger partial charge on any atom is 0.143 e. The summed E-state index contributed by atoms with van der Waals surface area (Å²) in [6.45, 7) is 17.7. The molecular formula is C72H56N2O4. The van der Waals surface area contributed by atoms with Gasteiger partial charge in [0, 0.05) is 99.1 Å². The first-order chi connectivity index (χ1) is 37.7. The first kappa shape index (κ1) is 46.1. The number of hydrogen-bond acceptors (Lipinski definition) is 6. The molecule has 0 N–H and O–H groups in total. The minimum atomic E-state index is -0.0565. The van der Waals surface area contributed by atoms with Gasteiger partial charge in [0.05, 0.1) is 0 Å². The summed E-state index contributed by atoms with van der Waals surface area (Å²) in [4.78, 5) is 4.68. The Kier molecular flexibility index (Phi) is 9.82. The van der Waals surface area contributed by atoms with Crippen molar-refractivity contribution in [1.82, 2.24) is 0 Å². The van der Waals surface area contributed by atoms with Crippen LogP contribution in [0, 0.1) is 13.8 Å². The summed E-state index contributed by atoms with van der Waals surface area (Å²) in [7, 11) is 0. The number of rotatable bonds is 6. The van der Waals surface area contributed by atoms with Gasteiger partial charge in [-0.1, -0.05) is 125 Å². The Balaban J connectivity index is 0.836. The molecule has 4 aromatic heterocycles. The normalized spacial score (nSPS) is 12.6. The van der Waals surface area contributed by atoms with Crippen LogP contribution in [0.1, 0.15) is 63.8 Å². The maximum atomic E-state index is 6.90. The van der Waals surface area contributed by atoms with E-state index in [0.29, 0.717) is 0 Å². The average Bonchev–Trinajstić information content (AvgIpc) is 4.40. The Morgan fingerprint density at radius 1 is 0.282 bits per heavy atom. The minimum absolute atomic E-state index is 0.0565. The Morgan fingerprint density at radius 2 is 0.628 bits per heavy atom. The number of para-hydroxylation sites is 2. The number of hydrogen-bond donors (Lipinski definition) is 0. The predicted molar refractivity (Wildman–Crippen MR) is 327 cm³/mol. The summed E-state index contributed by atoms with van der Waals surface area (Å²) in [5.41, 5.74) is 18.1. The van der Waals surface area contributed by atoms with Gasteiger partial charge >= 0.3 is 0 Å². The lowest BCUT2D eigenvalue weighted by molar-refractivity contribution is 0.572. The lowest BCUT2D eigenvalue weighted by Gasteiger charge is -2.26. The molecule has 378 valence electrons. The van der Waals surface area contributed by atoms with Gasteiger partial charge in [-0.25, -0.2) is 0 Å². The largest absolute Gasteiger partial charge is 0.456 e. The van der Waals surface area contributed by atoms with E-state index >= 15 is 0 Å². The van der Waals surface area contributed by atoms with Crippen LogP contribution >= 0.6 is 0 Å². The second-order valence-electron chi connectivity index (χ2n) is 23.5. The molecule has 0 amide bonds. The molecule has 0 atom stereocenters. The molecule has 6 nitrogen and oxygen atoms in total. The van der Waals surface area contributed by atoms with Crippen molar-refractivity contribution >= 4 is 143 Å². The molecule has 0 spiro atoms. The summed E-state index contributed by atoms with van der Waals surface area (Å²) >= 11 is 0. The number of nitrogens with zero attached hydrogens (tertiary/aromatic N) is 2. The van der Waals surface area contributed by atoms with Gasteiger partial charge in [-0.05, 0) is 157 Å². The van der Waals surface area contributed by atoms with E-state index in [1.54, 1.807) is 0 Å². The highest BCUT2D eigenvalue weighted by Crippen LogP contribution is 2.48. The highest BCUT2D eigenvalue weighted by atomic mass is 16.3. The lowest BCUT2D eigenvalue weighted by Crippen LogP contribution is -2.11. The molecule has 0 radical (unpaired) electrons. The molecule has 15 aromatic rings. The van der Waals surface area contributed by atoms with Gasteiger partial charge in [0.1, 0.15) is 44.7 Å². The fraction of sp³-hybridized carbons (Fsp3) is 0.139. The van der Waals surface area contributed by atoms with Crippen LogP contribution in [0.5, 0.6) is 0 Å². The molecule has 4 heterocycles. The third-order valence-corrected chi connectivity index (χ3v) is 16.2. The van der Waals surface area contributed by atoms with Crippen LogP contribution in [-0.2, 0) is 10.8 Å². The van der Waals surface area contributed by atoms with Crippen LogP contribution in [0.3, 0.4) is 0 Å². The smallest absolute Gasteiger partial charge is 0.143 e. The maximum absolute atomic E-state index is 6.90. The fourth-order valence-electron chi connectivity index (χ4n) is 12.3. The van der Waals surface area contributed by atoms with Crippen LogP contribution in [0.25, 0.3) is 109 Å². The van der Waals surface area contributed by atoms with Crippen molar-refractivity contribution < 1.29 is 17.7 Å². The SMILES string of the molecule is Cc1ccc(N(c2ccc3c(ccc4c3oc3ccc5oc6c7ccc(N(c8ccc(C)cc8)c8ccc9oc%10c(C(C)(C)C)cccc%10c9c8)cc7ccc6c5c34)c2)c2ccc3oc4c(C(C)(C)C)cccc4c3c2)cc1. The number of furan rings is 4. The molecule has 0 aliphatic heterocycles. The van der Waals surface area contributed by atoms with Crippen LogP contribution in [0.15, 0.2) is 212 Å². The van der Waals surface area contributed by atoms with E-state index in [1.807, 2.05) is 0 Å². The van der Waals surface area contributed by atoms with Crippen molar-refractivity contribution in [2.45, 2.75) is 66.2 Å². The molecule has 6 heteroatoms. The standard InChI is InChI=1S/C72H56N2O4/c1-41-15-21-45(22-16-41)73(49-27-33-61-57(39-49)53-11-9-13-59(69(53)75-61)71(3,4)5)47-25-31-51-43(37-47)19-29-55-65-63(77-67(51)55)35-36-64-66(65)56-30-20-44-38-48(26-32-52(44)68(56)78-64)74(46-23-17-42(2)18-24-46)50-28-34-62-58(40-50)54-12-10-14-60(70(54)76-62)72(6,7)8/h9-40H,1-8H3. The summed E-state index contributed by atoms with van der Waals surface area (Å²) < 4.78 is 27.0. The predicted octanol–water partition coefficient (Wildman–Crippen LogP) is 21.7. The van der Waals surface area contributed by atoms with E-state index in [-0.39, 0.29) is 10.8 Å². The van der Waals surface area contributed by atoms with Crippen molar-refractivity contribution in [3.8, 4) is 0 Å². The van der Waals surface area contributed by atoms with Gasteiger partial charge in [-0.2, -0.15) is 0 Å². The number of anilines is 6. The van der Waals surface area contributed by atoms with Crippen molar-refractivity contribution in [1.29, 1.82) is 0 Å². The second kappa shape index (κ2) is 16.6. The first-order valence-electron chi connectivity index (χ1n) is 27.0. The van der Waals surface area contributed by atoms with Gasteiger partial charge < -0.3 is 27.5 Å². The Bertz CT molecular complexity index is 4640. The molecule has 78 heavy (non-hydrogen) atoms. The number of benzene rings is 11. The molecule has 0 aliphatic carbocycles. The summed E-state index contributed by atoms with van der Waals surface area (Å²) in [6.07, 6.45) is 0. The van der Waals surface area contributed by atoms with Gasteiger partial charge in [0.15, 0.2) is 0 Å². The summed E-state index contributed by atoms with van der Waals surface area (Å²) in [5.74, 6) is 0. The van der Waals surface area contributed by atoms with Crippen LogP contribution in [0.4, 0.5) is 34.1 Å². The van der Waals surface area contributed by atoms with E-state index < -0.39 is 0 Å². The zero-order valence-corrected chi connectivity index (χ0v) is 45.0. The van der Waals surface area contributed by atoms with Gasteiger partial charge in [-0.15, -0.1) is 0 Å². The third kappa shape index (κ3) is 7.09. The van der Waals surface area contributed by atoms with Gasteiger partial charge in [0.2, 0.25) is 0 Å². The molecule has 0 bridgehead atoms. The Hall–Kier alpha value is -9.26. The average molecular weight is 1010 g/mol. The molecule has 0 saturated heterocycles. The Morgan fingerprint density at radius 3 is 1.04 bits per heavy atom. The van der Waals surface area contributed by atoms with Gasteiger partial charge in [-0.3, -0.25) is 0 Å². The van der Waals surface area contributed by atoms with Crippen LogP contribution in [0.2, 0.25) is 0 Å². The quantitative estimate of drug-likeness (QED) is 0.165. The van der Waals surface area contributed by atoms with Crippen LogP contribution in [-0.4, -0.2) is 0 Å². The van der Waals surface area contributed by atoms with Crippen molar-refractivity contribution in [2.24, 2.45) is 0 Å². The minimum Gasteiger partial charge on any atom is -0.456 e. The molecular weight excluding hydrogens is 957 g/mol. The summed E-state index contributed by atoms with van der Waals surface area (Å²) in [5, 5.41) is 12.9. The van der Waals surface area contributed by atoms with Crippen molar-refractivity contribution in [3.63, 3.8) is 0 Å². The molecule has 0 unspecified atom stereocenters. The second-order valence-corrected chi connectivity index (χ2v) is 23.5. The summed E-state index contributed by atoms with van der Waals surface area (Å²) in [6, 6.07) is 70.1. The first-order valence-corrected chi connectivity index (χ1v) is 27.0. The fourth-order valence-corrected chi connectivity index (χ4v) is 12.3. The molecule has 11 aromatic carbocycles. The molecule has 0 fully saturated rings. The highest BCUT2D eigenvalue weighted by molar-refractivity contribution is 6.30. The van der Waals surface area contributed by atoms with E-state index in [0.717, 1.165) is 143 Å². The highest BCUT2D eigenvalue weighted by Gasteiger charge is 2.26. The van der Waals surface area contributed by atoms with E-state index in [2.05, 4.69) is 259 Å².